The molecular formula is C27H29NO3. The van der Waals surface area contributed by atoms with E-state index in [4.69, 9.17) is 4.74 Å². The Morgan fingerprint density at radius 3 is 1.97 bits per heavy atom. The molecule has 0 aromatic heterocycles. The summed E-state index contributed by atoms with van der Waals surface area (Å²) in [5.74, 6) is -1.42. The monoisotopic (exact) mass is 415 g/mol. The Hall–Kier alpha value is -3.24. The molecule has 0 N–H and O–H groups in total. The molecule has 1 aliphatic rings. The van der Waals surface area contributed by atoms with Crippen LogP contribution in [0.25, 0.3) is 11.1 Å². The van der Waals surface area contributed by atoms with Crippen LogP contribution in [-0.4, -0.2) is 42.4 Å². The zero-order valence-corrected chi connectivity index (χ0v) is 18.0. The van der Waals surface area contributed by atoms with E-state index in [0.717, 1.165) is 22.3 Å². The number of carbonyl (C=O) groups excluding carboxylic acids is 2. The number of hydrogen-bond acceptors (Lipinski definition) is 4. The Morgan fingerprint density at radius 1 is 0.968 bits per heavy atom. The molecule has 2 aromatic carbocycles. The molecule has 4 nitrogen and oxygen atoms in total. The van der Waals surface area contributed by atoms with Gasteiger partial charge in [-0.15, -0.1) is 0 Å². The normalized spacial score (nSPS) is 18.1. The first-order valence-electron chi connectivity index (χ1n) is 10.6. The topological polar surface area (TPSA) is 46.6 Å². The standard InChI is InChI=1S/C27H29NO3/c1-4-31-27(30)25-17-24(15-16-26(25)29)28(18-20(2)22-11-7-5-8-12-22)19-21(3)23-13-9-6-10-14-23/h5-16,24-25H,2-4,17-19H2,1H3/t24-,25?/m1/s1. The second-order valence-corrected chi connectivity index (χ2v) is 7.71. The molecule has 2 atom stereocenters. The second kappa shape index (κ2) is 10.7. The van der Waals surface area contributed by atoms with Crippen LogP contribution in [0.3, 0.4) is 0 Å². The minimum atomic E-state index is -0.771. The van der Waals surface area contributed by atoms with Gasteiger partial charge >= 0.3 is 5.97 Å². The van der Waals surface area contributed by atoms with Gasteiger partial charge in [0.1, 0.15) is 5.92 Å². The van der Waals surface area contributed by atoms with Gasteiger partial charge in [0.25, 0.3) is 0 Å². The van der Waals surface area contributed by atoms with E-state index < -0.39 is 11.9 Å². The van der Waals surface area contributed by atoms with Gasteiger partial charge in [-0.2, -0.15) is 0 Å². The molecule has 0 fully saturated rings. The highest BCUT2D eigenvalue weighted by Crippen LogP contribution is 2.26. The Bertz CT molecular complexity index is 909. The molecule has 0 heterocycles. The zero-order chi connectivity index (χ0) is 22.2. The fourth-order valence-corrected chi connectivity index (χ4v) is 3.80. The van der Waals surface area contributed by atoms with Gasteiger partial charge in [-0.1, -0.05) is 79.9 Å². The van der Waals surface area contributed by atoms with Crippen LogP contribution in [0.4, 0.5) is 0 Å². The Kier molecular flexibility index (Phi) is 7.74. The average Bonchev–Trinajstić information content (AvgIpc) is 2.80. The van der Waals surface area contributed by atoms with Gasteiger partial charge in [-0.3, -0.25) is 14.5 Å². The minimum absolute atomic E-state index is 0.104. The third-order valence-electron chi connectivity index (χ3n) is 5.50. The fraction of sp³-hybridized carbons (Fsp3) is 0.259. The quantitative estimate of drug-likeness (QED) is 0.436. The van der Waals surface area contributed by atoms with Crippen LogP contribution in [-0.2, 0) is 14.3 Å². The van der Waals surface area contributed by atoms with Crippen molar-refractivity contribution in [3.8, 4) is 0 Å². The molecule has 31 heavy (non-hydrogen) atoms. The predicted molar refractivity (Wildman–Crippen MR) is 125 cm³/mol. The lowest BCUT2D eigenvalue weighted by Gasteiger charge is -2.34. The SMILES string of the molecule is C=C(CN(CC(=C)c1ccccc1)[C@@H]1C=CC(=O)C(C(=O)OCC)C1)c1ccccc1. The first-order valence-corrected chi connectivity index (χ1v) is 10.6. The predicted octanol–water partition coefficient (Wildman–Crippen LogP) is 4.79. The number of benzene rings is 2. The number of rotatable bonds is 9. The molecule has 0 saturated heterocycles. The summed E-state index contributed by atoms with van der Waals surface area (Å²) in [6, 6.07) is 20.0. The van der Waals surface area contributed by atoms with Crippen LogP contribution in [0, 0.1) is 5.92 Å². The lowest BCUT2D eigenvalue weighted by Crippen LogP contribution is -2.42. The molecular weight excluding hydrogens is 386 g/mol. The van der Waals surface area contributed by atoms with Crippen LogP contribution in [0.2, 0.25) is 0 Å². The Balaban J connectivity index is 1.83. The molecule has 1 aliphatic carbocycles. The summed E-state index contributed by atoms with van der Waals surface area (Å²) in [5.41, 5.74) is 4.07. The maximum Gasteiger partial charge on any atom is 0.316 e. The lowest BCUT2D eigenvalue weighted by atomic mass is 9.88. The van der Waals surface area contributed by atoms with Crippen LogP contribution in [0.5, 0.6) is 0 Å². The van der Waals surface area contributed by atoms with Crippen molar-refractivity contribution < 1.29 is 14.3 Å². The third-order valence-corrected chi connectivity index (χ3v) is 5.50. The van der Waals surface area contributed by atoms with E-state index in [-0.39, 0.29) is 18.4 Å². The molecule has 1 unspecified atom stereocenters. The molecule has 3 rings (SSSR count). The fourth-order valence-electron chi connectivity index (χ4n) is 3.80. The summed E-state index contributed by atoms with van der Waals surface area (Å²) in [6.45, 7) is 11.8. The van der Waals surface area contributed by atoms with Gasteiger partial charge in [0, 0.05) is 19.1 Å². The van der Waals surface area contributed by atoms with E-state index in [2.05, 4.69) is 18.1 Å². The van der Waals surface area contributed by atoms with E-state index >= 15 is 0 Å². The summed E-state index contributed by atoms with van der Waals surface area (Å²) >= 11 is 0. The lowest BCUT2D eigenvalue weighted by molar-refractivity contribution is -0.151. The number of esters is 1. The van der Waals surface area contributed by atoms with Crippen molar-refractivity contribution in [1.29, 1.82) is 0 Å². The highest BCUT2D eigenvalue weighted by Gasteiger charge is 2.34. The van der Waals surface area contributed by atoms with Gasteiger partial charge in [0.05, 0.1) is 6.61 Å². The molecule has 0 spiro atoms. The molecule has 2 aromatic rings. The van der Waals surface area contributed by atoms with E-state index in [1.54, 1.807) is 6.92 Å². The number of allylic oxidation sites excluding steroid dienone is 1. The second-order valence-electron chi connectivity index (χ2n) is 7.71. The number of hydrogen-bond donors (Lipinski definition) is 0. The maximum absolute atomic E-state index is 12.3. The van der Waals surface area contributed by atoms with E-state index in [1.165, 1.54) is 6.08 Å². The van der Waals surface area contributed by atoms with Crippen molar-refractivity contribution >= 4 is 22.9 Å². The van der Waals surface area contributed by atoms with Gasteiger partial charge in [-0.25, -0.2) is 0 Å². The highest BCUT2D eigenvalue weighted by atomic mass is 16.5. The molecule has 0 amide bonds. The molecule has 4 heteroatoms. The first kappa shape index (κ1) is 22.4. The van der Waals surface area contributed by atoms with Gasteiger partial charge in [0.15, 0.2) is 5.78 Å². The van der Waals surface area contributed by atoms with Crippen molar-refractivity contribution in [2.24, 2.45) is 5.92 Å². The van der Waals surface area contributed by atoms with Crippen LogP contribution < -0.4 is 0 Å². The third kappa shape index (κ3) is 5.89. The zero-order valence-electron chi connectivity index (χ0n) is 18.0. The minimum Gasteiger partial charge on any atom is -0.465 e. The van der Waals surface area contributed by atoms with E-state index in [9.17, 15) is 9.59 Å². The summed E-state index contributed by atoms with van der Waals surface area (Å²) in [6.07, 6.45) is 3.78. The molecule has 0 aliphatic heterocycles. The summed E-state index contributed by atoms with van der Waals surface area (Å²) in [5, 5.41) is 0. The molecule has 0 saturated carbocycles. The van der Waals surface area contributed by atoms with Gasteiger partial charge in [-0.05, 0) is 41.7 Å². The average molecular weight is 416 g/mol. The molecule has 0 bridgehead atoms. The van der Waals surface area contributed by atoms with Gasteiger partial charge in [0.2, 0.25) is 0 Å². The summed E-state index contributed by atoms with van der Waals surface area (Å²) < 4.78 is 5.13. The van der Waals surface area contributed by atoms with Crippen LogP contribution >= 0.6 is 0 Å². The van der Waals surface area contributed by atoms with Crippen LogP contribution in [0.15, 0.2) is 86.0 Å². The Morgan fingerprint density at radius 2 is 1.48 bits per heavy atom. The van der Waals surface area contributed by atoms with Crippen molar-refractivity contribution in [2.45, 2.75) is 19.4 Å². The number of ketones is 1. The Labute approximate surface area is 184 Å². The van der Waals surface area contributed by atoms with E-state index in [0.29, 0.717) is 19.5 Å². The van der Waals surface area contributed by atoms with Crippen molar-refractivity contribution in [2.75, 3.05) is 19.7 Å². The molecule has 0 radical (unpaired) electrons. The van der Waals surface area contributed by atoms with Crippen LogP contribution in [0.1, 0.15) is 24.5 Å². The number of nitrogens with zero attached hydrogens (tertiary/aromatic N) is 1. The largest absolute Gasteiger partial charge is 0.465 e. The molecule has 160 valence electrons. The number of ether oxygens (including phenoxy) is 1. The van der Waals surface area contributed by atoms with Gasteiger partial charge < -0.3 is 4.74 Å². The first-order chi connectivity index (χ1) is 15.0. The van der Waals surface area contributed by atoms with Crippen molar-refractivity contribution in [3.05, 3.63) is 97.1 Å². The maximum atomic E-state index is 12.3. The van der Waals surface area contributed by atoms with E-state index in [1.807, 2.05) is 66.7 Å². The summed E-state index contributed by atoms with van der Waals surface area (Å²) in [4.78, 5) is 26.9. The summed E-state index contributed by atoms with van der Waals surface area (Å²) in [7, 11) is 0. The van der Waals surface area contributed by atoms with Crippen molar-refractivity contribution in [3.63, 3.8) is 0 Å². The number of carbonyl (C=O) groups is 2. The smallest absolute Gasteiger partial charge is 0.316 e. The highest BCUT2D eigenvalue weighted by molar-refractivity contribution is 6.05. The van der Waals surface area contributed by atoms with Crippen molar-refractivity contribution in [1.82, 2.24) is 4.90 Å².